The van der Waals surface area contributed by atoms with E-state index in [2.05, 4.69) is 20.5 Å². The van der Waals surface area contributed by atoms with Crippen molar-refractivity contribution in [2.75, 3.05) is 5.01 Å². The zero-order chi connectivity index (χ0) is 22.5. The standard InChI is InChI=1S/C22H20ClFN6O2/c1-13-22(21(32)30(28-13)18-4-3-14(24)11-17(18)23)7-5-15(6-8-22)27-20(31)16-12-26-29-10-2-9-25-19(16)29/h2-4,9-12,15H,5-8H2,1H3,(H,27,31). The number of nitrogens with one attached hydrogen (secondary N) is 1. The molecule has 32 heavy (non-hydrogen) atoms. The summed E-state index contributed by atoms with van der Waals surface area (Å²) >= 11 is 6.16. The summed E-state index contributed by atoms with van der Waals surface area (Å²) < 4.78 is 15.0. The summed E-state index contributed by atoms with van der Waals surface area (Å²) in [6, 6.07) is 5.55. The van der Waals surface area contributed by atoms with E-state index in [4.69, 9.17) is 11.6 Å². The second-order valence-electron chi connectivity index (χ2n) is 8.17. The molecular formula is C22H20ClFN6O2. The van der Waals surface area contributed by atoms with Gasteiger partial charge in [-0.3, -0.25) is 9.59 Å². The van der Waals surface area contributed by atoms with Gasteiger partial charge in [-0.05, 0) is 56.9 Å². The zero-order valence-corrected chi connectivity index (χ0v) is 18.0. The molecule has 2 aliphatic rings. The third-order valence-electron chi connectivity index (χ3n) is 6.38. The average Bonchev–Trinajstić information content (AvgIpc) is 3.31. The average molecular weight is 455 g/mol. The van der Waals surface area contributed by atoms with Crippen LogP contribution in [-0.2, 0) is 4.79 Å². The lowest BCUT2D eigenvalue weighted by Crippen LogP contribution is -2.47. The number of carbonyl (C=O) groups is 2. The molecule has 1 aromatic carbocycles. The third kappa shape index (κ3) is 3.24. The highest BCUT2D eigenvalue weighted by Gasteiger charge is 2.51. The molecule has 1 aliphatic carbocycles. The lowest BCUT2D eigenvalue weighted by molar-refractivity contribution is -0.125. The van der Waals surface area contributed by atoms with Gasteiger partial charge in [0.25, 0.3) is 11.8 Å². The third-order valence-corrected chi connectivity index (χ3v) is 6.68. The summed E-state index contributed by atoms with van der Waals surface area (Å²) in [6.07, 6.45) is 7.21. The smallest absolute Gasteiger partial charge is 0.259 e. The summed E-state index contributed by atoms with van der Waals surface area (Å²) in [4.78, 5) is 30.3. The first kappa shape index (κ1) is 20.6. The second-order valence-corrected chi connectivity index (χ2v) is 8.58. The van der Waals surface area contributed by atoms with Gasteiger partial charge < -0.3 is 5.32 Å². The van der Waals surface area contributed by atoms with Gasteiger partial charge in [0.15, 0.2) is 5.65 Å². The summed E-state index contributed by atoms with van der Waals surface area (Å²) in [6.45, 7) is 1.83. The summed E-state index contributed by atoms with van der Waals surface area (Å²) in [7, 11) is 0. The van der Waals surface area contributed by atoms with E-state index in [0.717, 1.165) is 0 Å². The Labute approximate surface area is 188 Å². The molecule has 3 aromatic rings. The van der Waals surface area contributed by atoms with Crippen molar-refractivity contribution in [2.45, 2.75) is 38.6 Å². The van der Waals surface area contributed by atoms with Crippen LogP contribution in [0.4, 0.5) is 10.1 Å². The lowest BCUT2D eigenvalue weighted by Gasteiger charge is -2.36. The Morgan fingerprint density at radius 3 is 2.84 bits per heavy atom. The molecule has 1 saturated carbocycles. The van der Waals surface area contributed by atoms with Gasteiger partial charge in [-0.25, -0.2) is 13.9 Å². The Morgan fingerprint density at radius 1 is 1.31 bits per heavy atom. The van der Waals surface area contributed by atoms with Gasteiger partial charge in [-0.2, -0.15) is 15.2 Å². The Kier molecular flexibility index (Phi) is 4.93. The number of amides is 2. The zero-order valence-electron chi connectivity index (χ0n) is 17.3. The van der Waals surface area contributed by atoms with Crippen molar-refractivity contribution in [3.8, 4) is 0 Å². The molecule has 1 aliphatic heterocycles. The second kappa shape index (κ2) is 7.67. The first-order chi connectivity index (χ1) is 15.4. The molecule has 1 spiro atoms. The minimum Gasteiger partial charge on any atom is -0.349 e. The molecule has 0 saturated heterocycles. The monoisotopic (exact) mass is 454 g/mol. The number of hydrogen-bond acceptors (Lipinski definition) is 5. The molecule has 8 nitrogen and oxygen atoms in total. The highest BCUT2D eigenvalue weighted by Crippen LogP contribution is 2.45. The number of halogens is 2. The maximum Gasteiger partial charge on any atom is 0.259 e. The first-order valence-electron chi connectivity index (χ1n) is 10.3. The number of nitrogens with zero attached hydrogens (tertiary/aromatic N) is 5. The van der Waals surface area contributed by atoms with Crippen molar-refractivity contribution < 1.29 is 14.0 Å². The molecule has 164 valence electrons. The molecule has 2 amide bonds. The number of rotatable bonds is 3. The minimum atomic E-state index is -0.731. The quantitative estimate of drug-likeness (QED) is 0.654. The molecule has 0 atom stereocenters. The fraction of sp³-hybridized carbons (Fsp3) is 0.318. The van der Waals surface area contributed by atoms with Crippen LogP contribution in [0.1, 0.15) is 43.0 Å². The van der Waals surface area contributed by atoms with Gasteiger partial charge in [0.1, 0.15) is 11.4 Å². The summed E-state index contributed by atoms with van der Waals surface area (Å²) in [5, 5.41) is 13.1. The Balaban J connectivity index is 1.29. The van der Waals surface area contributed by atoms with E-state index in [1.165, 1.54) is 29.4 Å². The topological polar surface area (TPSA) is 92.0 Å². The Morgan fingerprint density at radius 2 is 2.09 bits per heavy atom. The number of anilines is 1. The molecule has 10 heteroatoms. The van der Waals surface area contributed by atoms with Crippen molar-refractivity contribution in [1.29, 1.82) is 0 Å². The van der Waals surface area contributed by atoms with E-state index in [0.29, 0.717) is 48.3 Å². The molecule has 0 bridgehead atoms. The van der Waals surface area contributed by atoms with Crippen LogP contribution in [0, 0.1) is 11.2 Å². The van der Waals surface area contributed by atoms with E-state index in [-0.39, 0.29) is 22.9 Å². The van der Waals surface area contributed by atoms with E-state index in [9.17, 15) is 14.0 Å². The van der Waals surface area contributed by atoms with Gasteiger partial charge in [0.05, 0.1) is 28.0 Å². The fourth-order valence-corrected chi connectivity index (χ4v) is 4.79. The van der Waals surface area contributed by atoms with Crippen LogP contribution in [0.3, 0.4) is 0 Å². The maximum atomic E-state index is 13.4. The van der Waals surface area contributed by atoms with Crippen LogP contribution >= 0.6 is 11.6 Å². The molecule has 2 aromatic heterocycles. The van der Waals surface area contributed by atoms with E-state index in [1.807, 2.05) is 6.92 Å². The number of fused-ring (bicyclic) bond motifs is 1. The SMILES string of the molecule is CC1=NN(c2ccc(F)cc2Cl)C(=O)C12CCC(NC(=O)c1cnn3cccnc13)CC2. The predicted octanol–water partition coefficient (Wildman–Crippen LogP) is 3.60. The van der Waals surface area contributed by atoms with Gasteiger partial charge in [0.2, 0.25) is 0 Å². The van der Waals surface area contributed by atoms with E-state index < -0.39 is 11.2 Å². The minimum absolute atomic E-state index is 0.0733. The maximum absolute atomic E-state index is 13.4. The highest BCUT2D eigenvalue weighted by molar-refractivity contribution is 6.34. The molecule has 0 radical (unpaired) electrons. The number of hydrazone groups is 1. The van der Waals surface area contributed by atoms with Crippen LogP contribution in [0.2, 0.25) is 5.02 Å². The molecule has 3 heterocycles. The van der Waals surface area contributed by atoms with E-state index in [1.54, 1.807) is 23.0 Å². The lowest BCUT2D eigenvalue weighted by atomic mass is 9.69. The predicted molar refractivity (Wildman–Crippen MR) is 117 cm³/mol. The largest absolute Gasteiger partial charge is 0.349 e. The first-order valence-corrected chi connectivity index (χ1v) is 10.7. The van der Waals surface area contributed by atoms with Crippen molar-refractivity contribution in [3.05, 3.63) is 59.3 Å². The van der Waals surface area contributed by atoms with Crippen LogP contribution in [0.5, 0.6) is 0 Å². The molecular weight excluding hydrogens is 435 g/mol. The Bertz CT molecular complexity index is 1260. The van der Waals surface area contributed by atoms with Crippen LogP contribution in [0.25, 0.3) is 5.65 Å². The fourth-order valence-electron chi connectivity index (χ4n) is 4.55. The van der Waals surface area contributed by atoms with Crippen molar-refractivity contribution in [2.24, 2.45) is 10.5 Å². The van der Waals surface area contributed by atoms with Crippen LogP contribution in [-0.4, -0.2) is 38.2 Å². The molecule has 1 fully saturated rings. The van der Waals surface area contributed by atoms with Gasteiger partial charge in [0, 0.05) is 18.4 Å². The Hall–Kier alpha value is -3.33. The summed E-state index contributed by atoms with van der Waals surface area (Å²) in [5.41, 5.74) is 1.26. The van der Waals surface area contributed by atoms with E-state index >= 15 is 0 Å². The summed E-state index contributed by atoms with van der Waals surface area (Å²) in [5.74, 6) is -0.874. The van der Waals surface area contributed by atoms with Crippen LogP contribution < -0.4 is 10.3 Å². The number of carbonyl (C=O) groups excluding carboxylic acids is 2. The number of aromatic nitrogens is 3. The highest BCUT2D eigenvalue weighted by atomic mass is 35.5. The van der Waals surface area contributed by atoms with Crippen molar-refractivity contribution in [1.82, 2.24) is 19.9 Å². The van der Waals surface area contributed by atoms with Gasteiger partial charge in [-0.15, -0.1) is 0 Å². The molecule has 0 unspecified atom stereocenters. The van der Waals surface area contributed by atoms with Crippen LogP contribution in [0.15, 0.2) is 48.0 Å². The van der Waals surface area contributed by atoms with Gasteiger partial charge in [-0.1, -0.05) is 11.6 Å². The van der Waals surface area contributed by atoms with Crippen molar-refractivity contribution in [3.63, 3.8) is 0 Å². The van der Waals surface area contributed by atoms with Crippen molar-refractivity contribution >= 4 is 40.5 Å². The number of hydrogen-bond donors (Lipinski definition) is 1. The number of benzene rings is 1. The normalized spacial score (nSPS) is 23.1. The van der Waals surface area contributed by atoms with Gasteiger partial charge >= 0.3 is 0 Å². The molecule has 1 N–H and O–H groups in total. The molecule has 5 rings (SSSR count).